The maximum Gasteiger partial charge on any atom is 0.400 e. The van der Waals surface area contributed by atoms with Crippen molar-refractivity contribution in [3.05, 3.63) is 0 Å². The van der Waals surface area contributed by atoms with Gasteiger partial charge in [-0.05, 0) is 18.9 Å². The summed E-state index contributed by atoms with van der Waals surface area (Å²) in [4.78, 5) is 4.24. The SMILES string of the molecule is CC.CCC.NC1=N[CH2][Al][N]1CCCCC1CCCCC1.[W]. The first kappa shape index (κ1) is 24.7. The Morgan fingerprint density at radius 1 is 1.14 bits per heavy atom. The van der Waals surface area contributed by atoms with Gasteiger partial charge in [-0.2, -0.15) is 0 Å². The Hall–Kier alpha value is 0.491. The van der Waals surface area contributed by atoms with Crippen LogP contribution in [0.4, 0.5) is 0 Å². The summed E-state index contributed by atoms with van der Waals surface area (Å²) in [6.07, 6.45) is 12.8. The van der Waals surface area contributed by atoms with E-state index in [1.165, 1.54) is 57.8 Å². The van der Waals surface area contributed by atoms with Crippen LogP contribution in [-0.4, -0.2) is 37.2 Å². The molecule has 0 aromatic carbocycles. The number of nitrogens with zero attached hydrogens (tertiary/aromatic N) is 2. The molecule has 1 heterocycles. The number of aliphatic imine (C=N–C) groups is 1. The third kappa shape index (κ3) is 12.0. The molecule has 0 unspecified atom stereocenters. The smallest absolute Gasteiger partial charge is 0.400 e. The number of hydrogen-bond donors (Lipinski definition) is 1. The summed E-state index contributed by atoms with van der Waals surface area (Å²) in [5, 5.41) is 0.981. The van der Waals surface area contributed by atoms with Crippen molar-refractivity contribution in [1.29, 1.82) is 0 Å². The summed E-state index contributed by atoms with van der Waals surface area (Å²) in [5.74, 6) is 1.83. The number of hydrogen-bond acceptors (Lipinski definition) is 3. The quantitative estimate of drug-likeness (QED) is 0.456. The standard InChI is InChI=1S/C12H23N3.C3H8.C2H6.Al.W/c1-14-12(13)15-10-6-5-9-11-7-3-2-4-8-11;1-3-2;1-2;;/h11H,1-10H2,(H2-,13,14,15);3H2,1-2H3;1-2H3;;/q-1;;;+1;. The molecule has 3 nitrogen and oxygen atoms in total. The van der Waals surface area contributed by atoms with Gasteiger partial charge >= 0.3 is 15.4 Å². The molecule has 0 aromatic heterocycles. The predicted octanol–water partition coefficient (Wildman–Crippen LogP) is 4.38. The third-order valence-corrected chi connectivity index (χ3v) is 5.15. The van der Waals surface area contributed by atoms with Crippen LogP contribution in [0.2, 0.25) is 0 Å². The van der Waals surface area contributed by atoms with E-state index in [0.29, 0.717) is 15.4 Å². The molecule has 0 atom stereocenters. The van der Waals surface area contributed by atoms with Gasteiger partial charge in [0.05, 0.1) is 0 Å². The van der Waals surface area contributed by atoms with Crippen LogP contribution in [0, 0.1) is 5.92 Å². The second-order valence-electron chi connectivity index (χ2n) is 5.78. The van der Waals surface area contributed by atoms with E-state index in [2.05, 4.69) is 22.7 Å². The molecule has 1 aliphatic carbocycles. The van der Waals surface area contributed by atoms with Gasteiger partial charge in [-0.25, -0.2) is 0 Å². The van der Waals surface area contributed by atoms with Crippen LogP contribution in [0.3, 0.4) is 0 Å². The molecule has 0 saturated heterocycles. The molecule has 0 amide bonds. The van der Waals surface area contributed by atoms with E-state index in [-0.39, 0.29) is 21.1 Å². The fourth-order valence-electron chi connectivity index (χ4n) is 2.81. The van der Waals surface area contributed by atoms with E-state index in [4.69, 9.17) is 5.73 Å². The van der Waals surface area contributed by atoms with Crippen LogP contribution in [-0.2, 0) is 21.1 Å². The Morgan fingerprint density at radius 2 is 1.73 bits per heavy atom. The molecule has 22 heavy (non-hydrogen) atoms. The minimum atomic E-state index is 0. The van der Waals surface area contributed by atoms with Gasteiger partial charge in [0, 0.05) is 26.5 Å². The van der Waals surface area contributed by atoms with E-state index < -0.39 is 0 Å². The van der Waals surface area contributed by atoms with E-state index in [1.807, 2.05) is 13.8 Å². The molecule has 1 aliphatic heterocycles. The van der Waals surface area contributed by atoms with Crippen molar-refractivity contribution >= 4 is 21.4 Å². The zero-order valence-electron chi connectivity index (χ0n) is 15.3. The summed E-state index contributed by atoms with van der Waals surface area (Å²) in [7, 11) is 0. The predicted molar refractivity (Wildman–Crippen MR) is 96.7 cm³/mol. The maximum atomic E-state index is 5.80. The van der Waals surface area contributed by atoms with Gasteiger partial charge in [0.15, 0.2) is 5.96 Å². The Bertz CT molecular complexity index is 256. The number of unbranched alkanes of at least 4 members (excludes halogenated alkanes) is 1. The average molecular weight is 494 g/mol. The van der Waals surface area contributed by atoms with Crippen LogP contribution in [0.1, 0.15) is 85.5 Å². The molecular weight excluding hydrogens is 457 g/mol. The Labute approximate surface area is 160 Å². The molecule has 1 saturated carbocycles. The first-order chi connectivity index (χ1) is 10.3. The largest absolute Gasteiger partial charge is 0.440 e. The van der Waals surface area contributed by atoms with Crippen molar-refractivity contribution in [3.63, 3.8) is 0 Å². The number of guanidine groups is 1. The molecule has 2 N–H and O–H groups in total. The van der Waals surface area contributed by atoms with Crippen molar-refractivity contribution in [2.24, 2.45) is 16.6 Å². The van der Waals surface area contributed by atoms with Crippen molar-refractivity contribution in [2.75, 3.05) is 12.0 Å². The first-order valence-electron chi connectivity index (χ1n) is 9.17. The number of rotatable bonds is 5. The molecule has 1 radical (unpaired) electrons. The molecule has 0 spiro atoms. The molecule has 1 fully saturated rings. The molecule has 2 rings (SSSR count). The maximum absolute atomic E-state index is 5.80. The van der Waals surface area contributed by atoms with Gasteiger partial charge in [-0.15, -0.1) is 0 Å². The minimum Gasteiger partial charge on any atom is -0.440 e. The minimum absolute atomic E-state index is 0. The molecule has 0 aromatic rings. The fraction of sp³-hybridized carbons (Fsp3) is 0.941. The molecule has 5 heteroatoms. The van der Waals surface area contributed by atoms with E-state index in [0.717, 1.165) is 23.8 Å². The monoisotopic (exact) mass is 494 g/mol. The average Bonchev–Trinajstić information content (AvgIpc) is 2.93. The molecule has 2 aliphatic rings. The van der Waals surface area contributed by atoms with E-state index in [9.17, 15) is 0 Å². The van der Waals surface area contributed by atoms with Crippen molar-refractivity contribution in [3.8, 4) is 0 Å². The van der Waals surface area contributed by atoms with Crippen molar-refractivity contribution < 1.29 is 21.1 Å². The zero-order chi connectivity index (χ0) is 15.9. The second kappa shape index (κ2) is 17.8. The summed E-state index contributed by atoms with van der Waals surface area (Å²) in [5.41, 5.74) is 5.80. The van der Waals surface area contributed by atoms with Gasteiger partial charge in [0.25, 0.3) is 0 Å². The third-order valence-electron chi connectivity index (χ3n) is 3.84. The summed E-state index contributed by atoms with van der Waals surface area (Å²) in [6, 6.07) is 0. The Morgan fingerprint density at radius 3 is 2.23 bits per heavy atom. The molecule has 0 bridgehead atoms. The first-order valence-corrected chi connectivity index (χ1v) is 10.5. The van der Waals surface area contributed by atoms with Crippen molar-refractivity contribution in [1.82, 2.24) is 3.88 Å². The van der Waals surface area contributed by atoms with Crippen molar-refractivity contribution in [2.45, 2.75) is 85.5 Å². The summed E-state index contributed by atoms with van der Waals surface area (Å²) >= 11 is 0.333. The van der Waals surface area contributed by atoms with E-state index >= 15 is 0 Å². The Kier molecular flexibility index (Phi) is 20.1. The van der Waals surface area contributed by atoms with Crippen LogP contribution >= 0.6 is 0 Å². The van der Waals surface area contributed by atoms with Gasteiger partial charge in [-0.3, -0.25) is 4.99 Å². The van der Waals surface area contributed by atoms with E-state index in [1.54, 1.807) is 0 Å². The Balaban J connectivity index is 0. The van der Waals surface area contributed by atoms with Gasteiger partial charge < -0.3 is 9.62 Å². The summed E-state index contributed by atoms with van der Waals surface area (Å²) in [6.45, 7) is 9.40. The zero-order valence-corrected chi connectivity index (χ0v) is 19.4. The fourth-order valence-corrected chi connectivity index (χ4v) is 3.91. The second-order valence-corrected chi connectivity index (χ2v) is 7.14. The normalized spacial score (nSPS) is 17.1. The van der Waals surface area contributed by atoms with Crippen LogP contribution in [0.5, 0.6) is 0 Å². The van der Waals surface area contributed by atoms with Crippen LogP contribution in [0.25, 0.3) is 0 Å². The van der Waals surface area contributed by atoms with Crippen LogP contribution < -0.4 is 5.73 Å². The molecular formula is C17H37AlN3W. The van der Waals surface area contributed by atoms with Gasteiger partial charge in [0.2, 0.25) is 0 Å². The topological polar surface area (TPSA) is 41.6 Å². The van der Waals surface area contributed by atoms with Gasteiger partial charge in [-0.1, -0.05) is 79.1 Å². The van der Waals surface area contributed by atoms with Gasteiger partial charge in [0.1, 0.15) is 0 Å². The number of nitrogens with two attached hydrogens (primary N) is 1. The molecule has 129 valence electrons. The van der Waals surface area contributed by atoms with Crippen LogP contribution in [0.15, 0.2) is 4.99 Å². The summed E-state index contributed by atoms with van der Waals surface area (Å²) < 4.78 is 2.31.